The fourth-order valence-corrected chi connectivity index (χ4v) is 0.904. The number of pyridine rings is 1. The van der Waals surface area contributed by atoms with Crippen LogP contribution in [-0.2, 0) is 6.42 Å². The number of H-pyrrole nitrogens is 1. The zero-order valence-electron chi connectivity index (χ0n) is 6.55. The fourth-order valence-electron chi connectivity index (χ4n) is 0.904. The first-order valence-electron chi connectivity index (χ1n) is 3.51. The zero-order valence-corrected chi connectivity index (χ0v) is 6.55. The van der Waals surface area contributed by atoms with Gasteiger partial charge in [-0.25, -0.2) is 8.78 Å². The van der Waals surface area contributed by atoms with E-state index in [-0.39, 0.29) is 6.42 Å². The van der Waals surface area contributed by atoms with Crippen LogP contribution in [0.4, 0.5) is 8.78 Å². The van der Waals surface area contributed by atoms with E-state index in [0.29, 0.717) is 5.56 Å². The quantitative estimate of drug-likeness (QED) is 0.754. The summed E-state index contributed by atoms with van der Waals surface area (Å²) < 4.78 is 24.3. The highest BCUT2D eigenvalue weighted by atomic mass is 19.3. The summed E-state index contributed by atoms with van der Waals surface area (Å²) in [7, 11) is 0. The number of hydrogen-bond donors (Lipinski definition) is 1. The summed E-state index contributed by atoms with van der Waals surface area (Å²) in [6.07, 6.45) is -1.53. The Morgan fingerprint density at radius 3 is 2.85 bits per heavy atom. The van der Waals surface area contributed by atoms with Crippen LogP contribution >= 0.6 is 0 Å². The first kappa shape index (κ1) is 9.39. The molecule has 1 aromatic heterocycles. The first-order chi connectivity index (χ1) is 6.15. The minimum atomic E-state index is -2.80. The maximum atomic E-state index is 12.1. The van der Waals surface area contributed by atoms with Crippen LogP contribution in [0.25, 0.3) is 0 Å². The van der Waals surface area contributed by atoms with Crippen molar-refractivity contribution in [2.24, 2.45) is 0 Å². The number of aromatic amines is 1. The molecule has 0 aromatic carbocycles. The number of rotatable bonds is 2. The molecule has 0 spiro atoms. The van der Waals surface area contributed by atoms with Gasteiger partial charge in [0.15, 0.2) is 0 Å². The standard InChI is InChI=1S/C8H6F2N2O/c9-7(10)6-3-5(1-2-11)4-12-8(6)13/h3-4,7H,1H2,(H,12,13). The molecule has 68 valence electrons. The van der Waals surface area contributed by atoms with E-state index in [1.165, 1.54) is 6.20 Å². The molecule has 3 nitrogen and oxygen atoms in total. The summed E-state index contributed by atoms with van der Waals surface area (Å²) in [4.78, 5) is 12.9. The van der Waals surface area contributed by atoms with Crippen LogP contribution in [0.15, 0.2) is 17.1 Å². The molecule has 1 heterocycles. The molecule has 0 bridgehead atoms. The Kier molecular flexibility index (Phi) is 2.75. The Labute approximate surface area is 72.6 Å². The van der Waals surface area contributed by atoms with Gasteiger partial charge >= 0.3 is 0 Å². The molecule has 0 saturated carbocycles. The van der Waals surface area contributed by atoms with Gasteiger partial charge in [-0.15, -0.1) is 0 Å². The highest BCUT2D eigenvalue weighted by Crippen LogP contribution is 2.14. The maximum absolute atomic E-state index is 12.1. The molecule has 0 aliphatic heterocycles. The monoisotopic (exact) mass is 184 g/mol. The normalized spacial score (nSPS) is 10.0. The van der Waals surface area contributed by atoms with E-state index in [0.717, 1.165) is 6.07 Å². The minimum Gasteiger partial charge on any atom is -0.328 e. The lowest BCUT2D eigenvalue weighted by Gasteiger charge is -1.99. The molecule has 0 aliphatic carbocycles. The lowest BCUT2D eigenvalue weighted by atomic mass is 10.1. The summed E-state index contributed by atoms with van der Waals surface area (Å²) >= 11 is 0. The third-order valence-electron chi connectivity index (χ3n) is 1.51. The van der Waals surface area contributed by atoms with Gasteiger partial charge in [0.25, 0.3) is 12.0 Å². The average Bonchev–Trinajstić information content (AvgIpc) is 2.08. The largest absolute Gasteiger partial charge is 0.328 e. The molecule has 1 aromatic rings. The molecule has 1 N–H and O–H groups in total. The Balaban J connectivity index is 3.13. The predicted octanol–water partition coefficient (Wildman–Crippen LogP) is 1.38. The van der Waals surface area contributed by atoms with Crippen LogP contribution < -0.4 is 5.56 Å². The van der Waals surface area contributed by atoms with Gasteiger partial charge in [0, 0.05) is 6.20 Å². The van der Waals surface area contributed by atoms with Gasteiger partial charge in [0.1, 0.15) is 0 Å². The maximum Gasteiger partial charge on any atom is 0.269 e. The van der Waals surface area contributed by atoms with Crippen molar-refractivity contribution in [3.63, 3.8) is 0 Å². The van der Waals surface area contributed by atoms with Crippen molar-refractivity contribution < 1.29 is 8.78 Å². The van der Waals surface area contributed by atoms with E-state index in [1.54, 1.807) is 6.07 Å². The molecular weight excluding hydrogens is 178 g/mol. The van der Waals surface area contributed by atoms with Crippen molar-refractivity contribution in [1.82, 2.24) is 4.98 Å². The smallest absolute Gasteiger partial charge is 0.269 e. The predicted molar refractivity (Wildman–Crippen MR) is 41.3 cm³/mol. The molecule has 13 heavy (non-hydrogen) atoms. The van der Waals surface area contributed by atoms with Crippen molar-refractivity contribution >= 4 is 0 Å². The second kappa shape index (κ2) is 3.81. The van der Waals surface area contributed by atoms with Gasteiger partial charge in [-0.2, -0.15) is 5.26 Å². The highest BCUT2D eigenvalue weighted by Gasteiger charge is 2.12. The summed E-state index contributed by atoms with van der Waals surface area (Å²) in [5.41, 5.74) is -1.01. The molecule has 0 fully saturated rings. The minimum absolute atomic E-state index is 0.0104. The Hall–Kier alpha value is -1.70. The van der Waals surface area contributed by atoms with E-state index in [1.807, 2.05) is 0 Å². The van der Waals surface area contributed by atoms with E-state index < -0.39 is 17.5 Å². The summed E-state index contributed by atoms with van der Waals surface area (Å²) in [6, 6.07) is 2.85. The van der Waals surface area contributed by atoms with E-state index in [4.69, 9.17) is 5.26 Å². The van der Waals surface area contributed by atoms with Gasteiger partial charge in [0.2, 0.25) is 0 Å². The van der Waals surface area contributed by atoms with E-state index in [2.05, 4.69) is 4.98 Å². The second-order valence-electron chi connectivity index (χ2n) is 2.43. The van der Waals surface area contributed by atoms with Crippen LogP contribution in [-0.4, -0.2) is 4.98 Å². The average molecular weight is 184 g/mol. The molecule has 0 amide bonds. The van der Waals surface area contributed by atoms with Gasteiger partial charge in [0.05, 0.1) is 18.1 Å². The Morgan fingerprint density at radius 1 is 1.62 bits per heavy atom. The van der Waals surface area contributed by atoms with E-state index in [9.17, 15) is 13.6 Å². The van der Waals surface area contributed by atoms with Crippen molar-refractivity contribution in [3.05, 3.63) is 33.7 Å². The topological polar surface area (TPSA) is 56.6 Å². The third kappa shape index (κ3) is 2.12. The first-order valence-corrected chi connectivity index (χ1v) is 3.51. The van der Waals surface area contributed by atoms with E-state index >= 15 is 0 Å². The molecule has 0 atom stereocenters. The highest BCUT2D eigenvalue weighted by molar-refractivity contribution is 5.21. The number of hydrogen-bond acceptors (Lipinski definition) is 2. The molecule has 0 aliphatic rings. The lowest BCUT2D eigenvalue weighted by molar-refractivity contribution is 0.149. The molecule has 0 saturated heterocycles. The van der Waals surface area contributed by atoms with Gasteiger partial charge in [-0.3, -0.25) is 4.79 Å². The van der Waals surface area contributed by atoms with Crippen molar-refractivity contribution in [2.45, 2.75) is 12.8 Å². The fraction of sp³-hybridized carbons (Fsp3) is 0.250. The van der Waals surface area contributed by atoms with Crippen LogP contribution in [0.5, 0.6) is 0 Å². The SMILES string of the molecule is N#CCc1c[nH]c(=O)c(C(F)F)c1. The molecule has 0 unspecified atom stereocenters. The van der Waals surface area contributed by atoms with Gasteiger partial charge in [-0.05, 0) is 11.6 Å². The van der Waals surface area contributed by atoms with Crippen LogP contribution in [0, 0.1) is 11.3 Å². The van der Waals surface area contributed by atoms with Gasteiger partial charge < -0.3 is 4.98 Å². The number of aromatic nitrogens is 1. The number of nitriles is 1. The number of nitrogens with zero attached hydrogens (tertiary/aromatic N) is 1. The lowest BCUT2D eigenvalue weighted by Crippen LogP contribution is -2.12. The molecule has 0 radical (unpaired) electrons. The molecule has 5 heteroatoms. The Bertz CT molecular complexity index is 392. The summed E-state index contributed by atoms with van der Waals surface area (Å²) in [6.45, 7) is 0. The van der Waals surface area contributed by atoms with Crippen molar-refractivity contribution in [1.29, 1.82) is 5.26 Å². The molecular formula is C8H6F2N2O. The molecule has 1 rings (SSSR count). The number of halogens is 2. The van der Waals surface area contributed by atoms with Crippen LogP contribution in [0.1, 0.15) is 17.6 Å². The Morgan fingerprint density at radius 2 is 2.31 bits per heavy atom. The van der Waals surface area contributed by atoms with Crippen molar-refractivity contribution in [3.8, 4) is 6.07 Å². The zero-order chi connectivity index (χ0) is 9.84. The summed E-state index contributed by atoms with van der Waals surface area (Å²) in [5, 5.41) is 8.29. The summed E-state index contributed by atoms with van der Waals surface area (Å²) in [5.74, 6) is 0. The number of nitrogens with one attached hydrogen (secondary N) is 1. The second-order valence-corrected chi connectivity index (χ2v) is 2.43. The third-order valence-corrected chi connectivity index (χ3v) is 1.51. The van der Waals surface area contributed by atoms with Gasteiger partial charge in [-0.1, -0.05) is 0 Å². The number of alkyl halides is 2. The van der Waals surface area contributed by atoms with Crippen LogP contribution in [0.3, 0.4) is 0 Å². The van der Waals surface area contributed by atoms with Crippen LogP contribution in [0.2, 0.25) is 0 Å². The van der Waals surface area contributed by atoms with Crippen molar-refractivity contribution in [2.75, 3.05) is 0 Å².